The highest BCUT2D eigenvalue weighted by Gasteiger charge is 1.91. The van der Waals surface area contributed by atoms with Crippen molar-refractivity contribution in [2.24, 2.45) is 0 Å². The van der Waals surface area contributed by atoms with Crippen molar-refractivity contribution in [1.29, 1.82) is 0 Å². The van der Waals surface area contributed by atoms with E-state index in [4.69, 9.17) is 0 Å². The van der Waals surface area contributed by atoms with Crippen LogP contribution in [0, 0.1) is 6.92 Å². The molecule has 0 saturated carbocycles. The molecule has 0 aliphatic heterocycles. The molecule has 0 rings (SSSR count). The molecule has 0 aliphatic carbocycles. The molecular weight excluding hydrogens is 116 g/mol. The smallest absolute Gasteiger partial charge is 0.0988 e. The number of hydrogen-bond acceptors (Lipinski definition) is 3. The molecule has 0 aromatic carbocycles. The van der Waals surface area contributed by atoms with E-state index in [1.807, 2.05) is 0 Å². The predicted octanol–water partition coefficient (Wildman–Crippen LogP) is -0.244. The van der Waals surface area contributed by atoms with E-state index in [2.05, 4.69) is 6.92 Å². The highest BCUT2D eigenvalue weighted by Crippen LogP contribution is 1.82. The van der Waals surface area contributed by atoms with E-state index in [1.165, 1.54) is 0 Å². The lowest BCUT2D eigenvalue weighted by Gasteiger charge is -1.98. The van der Waals surface area contributed by atoms with E-state index in [1.54, 1.807) is 0 Å². The van der Waals surface area contributed by atoms with Gasteiger partial charge in [-0.25, -0.2) is 8.42 Å². The second kappa shape index (κ2) is 2.18. The molecule has 0 aromatic heterocycles. The van der Waals surface area contributed by atoms with E-state index in [0.717, 1.165) is 0 Å². The topological polar surface area (TPSA) is 57.2 Å². The molecule has 4 heteroatoms. The molecule has 0 aliphatic rings. The van der Waals surface area contributed by atoms with Crippen LogP contribution in [0.15, 0.2) is 0 Å². The van der Waals surface area contributed by atoms with Gasteiger partial charge in [-0.05, 0) is 0 Å². The van der Waals surface area contributed by atoms with Crippen molar-refractivity contribution in [2.75, 3.05) is 5.75 Å². The van der Waals surface area contributed by atoms with Gasteiger partial charge in [0.1, 0.15) is 0 Å². The Morgan fingerprint density at radius 2 is 2.00 bits per heavy atom. The lowest BCUT2D eigenvalue weighted by Crippen LogP contribution is -2.01. The first kappa shape index (κ1) is 6.78. The molecule has 0 atom stereocenters. The van der Waals surface area contributed by atoms with Crippen LogP contribution in [0.25, 0.3) is 0 Å². The summed E-state index contributed by atoms with van der Waals surface area (Å²) in [5.41, 5.74) is 0. The summed E-state index contributed by atoms with van der Waals surface area (Å²) in [5.74, 6) is -0.354. The summed E-state index contributed by atoms with van der Waals surface area (Å²) in [6.07, 6.45) is 0.159. The minimum absolute atomic E-state index is 0.159. The monoisotopic (exact) mass is 122 g/mol. The van der Waals surface area contributed by atoms with Crippen molar-refractivity contribution < 1.29 is 13.0 Å². The summed E-state index contributed by atoms with van der Waals surface area (Å²) >= 11 is 0. The average Bonchev–Trinajstić information content (AvgIpc) is 1.30. The Hall–Kier alpha value is -0.220. The predicted molar refractivity (Wildman–Crippen MR) is 24.5 cm³/mol. The molecule has 7 heavy (non-hydrogen) atoms. The SMILES string of the molecule is [CH2+]CCS(=O)(=O)[O-]. The normalized spacial score (nSPS) is 11.6. The lowest BCUT2D eigenvalue weighted by atomic mass is 10.6. The van der Waals surface area contributed by atoms with Gasteiger partial charge in [-0.15, -0.1) is 0 Å². The summed E-state index contributed by atoms with van der Waals surface area (Å²) in [4.78, 5) is 0. The van der Waals surface area contributed by atoms with Gasteiger partial charge in [-0.3, -0.25) is 0 Å². The zero-order chi connectivity index (χ0) is 5.91. The summed E-state index contributed by atoms with van der Waals surface area (Å²) in [6, 6.07) is 0. The zero-order valence-corrected chi connectivity index (χ0v) is 4.57. The van der Waals surface area contributed by atoms with Crippen molar-refractivity contribution in [2.45, 2.75) is 6.42 Å². The van der Waals surface area contributed by atoms with Crippen LogP contribution in [0.5, 0.6) is 0 Å². The molecule has 0 N–H and O–H groups in total. The fourth-order valence-corrected chi connectivity index (χ4v) is 0.530. The molecule has 0 bridgehead atoms. The summed E-state index contributed by atoms with van der Waals surface area (Å²) in [6.45, 7) is 3.19. The van der Waals surface area contributed by atoms with Crippen LogP contribution < -0.4 is 0 Å². The molecule has 0 heterocycles. The molecule has 0 amide bonds. The van der Waals surface area contributed by atoms with Crippen molar-refractivity contribution in [1.82, 2.24) is 0 Å². The third-order valence-electron chi connectivity index (χ3n) is 0.394. The van der Waals surface area contributed by atoms with Crippen LogP contribution in [-0.2, 0) is 10.1 Å². The van der Waals surface area contributed by atoms with Gasteiger partial charge >= 0.3 is 0 Å². The molecule has 0 spiro atoms. The summed E-state index contributed by atoms with van der Waals surface area (Å²) in [7, 11) is -3.99. The maximum Gasteiger partial charge on any atom is 0.0988 e. The van der Waals surface area contributed by atoms with E-state index in [0.29, 0.717) is 0 Å². The lowest BCUT2D eigenvalue weighted by molar-refractivity contribution is 0.463. The fraction of sp³-hybridized carbons (Fsp3) is 0.667. The second-order valence-electron chi connectivity index (χ2n) is 1.12. The van der Waals surface area contributed by atoms with E-state index < -0.39 is 10.1 Å². The molecule has 42 valence electrons. The minimum atomic E-state index is -3.99. The van der Waals surface area contributed by atoms with Crippen molar-refractivity contribution in [3.05, 3.63) is 6.92 Å². The molecular formula is C3H6O3S. The van der Waals surface area contributed by atoms with Gasteiger partial charge in [0.25, 0.3) is 0 Å². The first-order valence-corrected chi connectivity index (χ1v) is 3.37. The van der Waals surface area contributed by atoms with Gasteiger partial charge in [0, 0.05) is 0 Å². The van der Waals surface area contributed by atoms with E-state index in [-0.39, 0.29) is 12.2 Å². The van der Waals surface area contributed by atoms with Crippen LogP contribution in [0.2, 0.25) is 0 Å². The average molecular weight is 122 g/mol. The Labute approximate surface area is 43.1 Å². The summed E-state index contributed by atoms with van der Waals surface area (Å²) < 4.78 is 28.9. The molecule has 3 nitrogen and oxygen atoms in total. The molecule has 0 unspecified atom stereocenters. The van der Waals surface area contributed by atoms with Crippen LogP contribution in [0.1, 0.15) is 6.42 Å². The van der Waals surface area contributed by atoms with Crippen LogP contribution >= 0.6 is 0 Å². The third kappa shape index (κ3) is 5.78. The van der Waals surface area contributed by atoms with Crippen molar-refractivity contribution >= 4 is 10.1 Å². The van der Waals surface area contributed by atoms with Crippen LogP contribution in [0.4, 0.5) is 0 Å². The van der Waals surface area contributed by atoms with Gasteiger partial charge in [-0.1, -0.05) is 0 Å². The van der Waals surface area contributed by atoms with Gasteiger partial charge in [0.15, 0.2) is 0 Å². The Morgan fingerprint density at radius 1 is 1.57 bits per heavy atom. The molecule has 0 radical (unpaired) electrons. The van der Waals surface area contributed by atoms with Crippen molar-refractivity contribution in [3.8, 4) is 0 Å². The van der Waals surface area contributed by atoms with Gasteiger partial charge in [0.05, 0.1) is 29.2 Å². The Kier molecular flexibility index (Phi) is 2.11. The van der Waals surface area contributed by atoms with Crippen LogP contribution in [-0.4, -0.2) is 18.7 Å². The molecule has 0 aromatic rings. The van der Waals surface area contributed by atoms with Gasteiger partial charge in [-0.2, -0.15) is 0 Å². The first-order valence-electron chi connectivity index (χ1n) is 1.79. The van der Waals surface area contributed by atoms with E-state index >= 15 is 0 Å². The van der Waals surface area contributed by atoms with E-state index in [9.17, 15) is 13.0 Å². The summed E-state index contributed by atoms with van der Waals surface area (Å²) in [5, 5.41) is 0. The quantitative estimate of drug-likeness (QED) is 0.375. The first-order chi connectivity index (χ1) is 3.06. The molecule has 0 fully saturated rings. The Bertz CT molecular complexity index is 123. The number of hydrogen-bond donors (Lipinski definition) is 0. The number of rotatable bonds is 2. The van der Waals surface area contributed by atoms with Gasteiger partial charge in [0.2, 0.25) is 0 Å². The second-order valence-corrected chi connectivity index (χ2v) is 2.64. The zero-order valence-electron chi connectivity index (χ0n) is 3.75. The minimum Gasteiger partial charge on any atom is -0.748 e. The molecule has 0 saturated heterocycles. The standard InChI is InChI=1S/C3H6O3S/c1-2-3-7(4,5)6/h1-3H2. The third-order valence-corrected chi connectivity index (χ3v) is 1.18. The van der Waals surface area contributed by atoms with Crippen molar-refractivity contribution in [3.63, 3.8) is 0 Å². The van der Waals surface area contributed by atoms with Crippen LogP contribution in [0.3, 0.4) is 0 Å². The largest absolute Gasteiger partial charge is 0.748 e. The maximum absolute atomic E-state index is 9.64. The highest BCUT2D eigenvalue weighted by atomic mass is 32.2. The maximum atomic E-state index is 9.64. The Morgan fingerprint density at radius 3 is 2.00 bits per heavy atom. The highest BCUT2D eigenvalue weighted by molar-refractivity contribution is 7.85. The Balaban J connectivity index is 3.60. The fourth-order valence-electron chi connectivity index (χ4n) is 0.177. The van der Waals surface area contributed by atoms with Gasteiger partial charge < -0.3 is 4.55 Å².